The van der Waals surface area contributed by atoms with E-state index in [2.05, 4.69) is 30.9 Å². The number of hydrogen-bond donors (Lipinski definition) is 4. The Hall–Kier alpha value is -3.45. The number of aliphatic hydroxyl groups excluding tert-OH is 1. The summed E-state index contributed by atoms with van der Waals surface area (Å²) >= 11 is 12.3. The number of pyridine rings is 1. The summed E-state index contributed by atoms with van der Waals surface area (Å²) < 4.78 is 0. The van der Waals surface area contributed by atoms with E-state index in [0.717, 1.165) is 5.69 Å². The first kappa shape index (κ1) is 23.2. The molecule has 4 N–H and O–H groups in total. The number of nitrogens with zero attached hydrogens (tertiary/aromatic N) is 4. The molecule has 3 aromatic rings. The highest BCUT2D eigenvalue weighted by Gasteiger charge is 2.17. The maximum absolute atomic E-state index is 12.7. The fraction of sp³-hybridized carbons (Fsp3) is 0.190. The quantitative estimate of drug-likeness (QED) is 0.359. The van der Waals surface area contributed by atoms with Crippen LogP contribution in [0.5, 0.6) is 0 Å². The number of carbonyl (C=O) groups is 1. The molecule has 0 unspecified atom stereocenters. The highest BCUT2D eigenvalue weighted by molar-refractivity contribution is 6.40. The molecular weight excluding hydrogens is 453 g/mol. The molecule has 3 rings (SSSR count). The fourth-order valence-corrected chi connectivity index (χ4v) is 3.41. The Morgan fingerprint density at radius 2 is 1.91 bits per heavy atom. The van der Waals surface area contributed by atoms with Crippen LogP contribution in [0.1, 0.15) is 28.0 Å². The van der Waals surface area contributed by atoms with E-state index in [-0.39, 0.29) is 27.8 Å². The Balaban J connectivity index is 1.75. The van der Waals surface area contributed by atoms with Crippen LogP contribution in [0.2, 0.25) is 10.0 Å². The first-order valence-electron chi connectivity index (χ1n) is 9.53. The number of aryl methyl sites for hydroxylation is 1. The molecule has 0 aliphatic rings. The monoisotopic (exact) mass is 471 g/mol. The number of carbonyl (C=O) groups excluding carboxylic acids is 1. The standard InChI is InChI=1S/C21H19Cl2N7O2/c1-12-7-18(30-21(27-12)26-4-2-6-31)29-17-10-14(3-5-25-17)28-20(32)19-15(22)8-13(11-24)9-16(19)23/h3,5,7-10,31H,2,4,6H2,1H3,(H3,25,26,27,28,29,30,32). The van der Waals surface area contributed by atoms with E-state index >= 15 is 0 Å². The van der Waals surface area contributed by atoms with Gasteiger partial charge in [-0.15, -0.1) is 0 Å². The molecule has 0 saturated heterocycles. The van der Waals surface area contributed by atoms with Crippen LogP contribution in [0.3, 0.4) is 0 Å². The zero-order valence-corrected chi connectivity index (χ0v) is 18.5. The van der Waals surface area contributed by atoms with Gasteiger partial charge in [0.1, 0.15) is 11.6 Å². The maximum Gasteiger partial charge on any atom is 0.258 e. The molecule has 1 aromatic carbocycles. The minimum absolute atomic E-state index is 0.0728. The van der Waals surface area contributed by atoms with Gasteiger partial charge in [-0.05, 0) is 31.5 Å². The van der Waals surface area contributed by atoms with Gasteiger partial charge in [-0.25, -0.2) is 9.97 Å². The fourth-order valence-electron chi connectivity index (χ4n) is 2.75. The van der Waals surface area contributed by atoms with Crippen LogP contribution in [0.25, 0.3) is 0 Å². The third kappa shape index (κ3) is 6.04. The Kier molecular flexibility index (Phi) is 7.78. The van der Waals surface area contributed by atoms with Gasteiger partial charge in [0, 0.05) is 42.9 Å². The average molecular weight is 472 g/mol. The van der Waals surface area contributed by atoms with Gasteiger partial charge < -0.3 is 21.1 Å². The van der Waals surface area contributed by atoms with E-state index in [9.17, 15) is 4.79 Å². The Morgan fingerprint density at radius 1 is 1.16 bits per heavy atom. The molecule has 2 aromatic heterocycles. The number of rotatable bonds is 8. The van der Waals surface area contributed by atoms with Crippen LogP contribution in [-0.2, 0) is 0 Å². The van der Waals surface area contributed by atoms with Gasteiger partial charge in [-0.2, -0.15) is 10.2 Å². The molecular formula is C21H19Cl2N7O2. The second-order valence-electron chi connectivity index (χ2n) is 6.66. The number of hydrogen-bond acceptors (Lipinski definition) is 8. The summed E-state index contributed by atoms with van der Waals surface area (Å²) in [7, 11) is 0. The summed E-state index contributed by atoms with van der Waals surface area (Å²) in [6.07, 6.45) is 2.10. The number of aliphatic hydroxyl groups is 1. The number of amides is 1. The van der Waals surface area contributed by atoms with Crippen LogP contribution < -0.4 is 16.0 Å². The zero-order valence-electron chi connectivity index (χ0n) is 17.0. The molecule has 11 heteroatoms. The van der Waals surface area contributed by atoms with Crippen molar-refractivity contribution in [3.05, 3.63) is 63.4 Å². The smallest absolute Gasteiger partial charge is 0.258 e. The zero-order chi connectivity index (χ0) is 23.1. The number of nitriles is 1. The molecule has 0 radical (unpaired) electrons. The Labute approximate surface area is 194 Å². The second kappa shape index (κ2) is 10.7. The van der Waals surface area contributed by atoms with Crippen molar-refractivity contribution in [2.45, 2.75) is 13.3 Å². The van der Waals surface area contributed by atoms with Crippen LogP contribution in [-0.4, -0.2) is 39.1 Å². The minimum atomic E-state index is -0.519. The van der Waals surface area contributed by atoms with Crippen molar-refractivity contribution in [3.8, 4) is 6.07 Å². The number of aromatic nitrogens is 3. The summed E-state index contributed by atoms with van der Waals surface area (Å²) in [6.45, 7) is 2.45. The highest BCUT2D eigenvalue weighted by Crippen LogP contribution is 2.28. The van der Waals surface area contributed by atoms with E-state index < -0.39 is 5.91 Å². The number of anilines is 4. The molecule has 0 aliphatic heterocycles. The molecule has 1 amide bonds. The molecule has 0 fully saturated rings. The lowest BCUT2D eigenvalue weighted by Gasteiger charge is -2.11. The second-order valence-corrected chi connectivity index (χ2v) is 7.47. The lowest BCUT2D eigenvalue weighted by atomic mass is 10.1. The van der Waals surface area contributed by atoms with Gasteiger partial charge in [0.25, 0.3) is 5.91 Å². The molecule has 0 atom stereocenters. The topological polar surface area (TPSA) is 136 Å². The third-order valence-electron chi connectivity index (χ3n) is 4.14. The van der Waals surface area contributed by atoms with E-state index in [1.54, 1.807) is 18.2 Å². The molecule has 164 valence electrons. The molecule has 2 heterocycles. The molecule has 9 nitrogen and oxygen atoms in total. The minimum Gasteiger partial charge on any atom is -0.396 e. The van der Waals surface area contributed by atoms with E-state index in [4.69, 9.17) is 33.6 Å². The summed E-state index contributed by atoms with van der Waals surface area (Å²) in [5.41, 5.74) is 1.53. The normalized spacial score (nSPS) is 10.3. The van der Waals surface area contributed by atoms with Crippen LogP contribution in [0.4, 0.5) is 23.3 Å². The van der Waals surface area contributed by atoms with Gasteiger partial charge in [0.15, 0.2) is 0 Å². The SMILES string of the molecule is Cc1cc(Nc2cc(NC(=O)c3c(Cl)cc(C#N)cc3Cl)ccn2)nc(NCCCO)n1. The summed E-state index contributed by atoms with van der Waals surface area (Å²) in [4.78, 5) is 25.6. The van der Waals surface area contributed by atoms with E-state index in [1.165, 1.54) is 18.3 Å². The van der Waals surface area contributed by atoms with Gasteiger partial charge in [-0.1, -0.05) is 23.2 Å². The summed E-state index contributed by atoms with van der Waals surface area (Å²) in [5, 5.41) is 26.9. The van der Waals surface area contributed by atoms with Gasteiger partial charge in [0.05, 0.1) is 27.2 Å². The van der Waals surface area contributed by atoms with Crippen molar-refractivity contribution in [2.75, 3.05) is 29.1 Å². The van der Waals surface area contributed by atoms with E-state index in [0.29, 0.717) is 36.2 Å². The van der Waals surface area contributed by atoms with Crippen molar-refractivity contribution < 1.29 is 9.90 Å². The number of benzene rings is 1. The van der Waals surface area contributed by atoms with Gasteiger partial charge in [-0.3, -0.25) is 4.79 Å². The first-order valence-corrected chi connectivity index (χ1v) is 10.3. The predicted molar refractivity (Wildman–Crippen MR) is 124 cm³/mol. The molecule has 0 saturated carbocycles. The molecule has 0 aliphatic carbocycles. The predicted octanol–water partition coefficient (Wildman–Crippen LogP) is 4.15. The van der Waals surface area contributed by atoms with Crippen molar-refractivity contribution in [2.24, 2.45) is 0 Å². The van der Waals surface area contributed by atoms with Crippen LogP contribution >= 0.6 is 23.2 Å². The molecule has 0 bridgehead atoms. The van der Waals surface area contributed by atoms with Crippen molar-refractivity contribution in [3.63, 3.8) is 0 Å². The highest BCUT2D eigenvalue weighted by atomic mass is 35.5. The van der Waals surface area contributed by atoms with Crippen molar-refractivity contribution in [1.29, 1.82) is 5.26 Å². The first-order chi connectivity index (χ1) is 15.4. The average Bonchev–Trinajstić information content (AvgIpc) is 2.73. The summed E-state index contributed by atoms with van der Waals surface area (Å²) in [6, 6.07) is 9.68. The summed E-state index contributed by atoms with van der Waals surface area (Å²) in [5.74, 6) is 0.864. The van der Waals surface area contributed by atoms with E-state index in [1.807, 2.05) is 13.0 Å². The maximum atomic E-state index is 12.7. The Morgan fingerprint density at radius 3 is 2.59 bits per heavy atom. The third-order valence-corrected chi connectivity index (χ3v) is 4.74. The molecule has 32 heavy (non-hydrogen) atoms. The largest absolute Gasteiger partial charge is 0.396 e. The number of halogens is 2. The van der Waals surface area contributed by atoms with Crippen LogP contribution in [0.15, 0.2) is 36.5 Å². The van der Waals surface area contributed by atoms with Gasteiger partial charge >= 0.3 is 0 Å². The Bertz CT molecular complexity index is 1160. The molecule has 0 spiro atoms. The van der Waals surface area contributed by atoms with Crippen molar-refractivity contribution in [1.82, 2.24) is 15.0 Å². The number of nitrogens with one attached hydrogen (secondary N) is 3. The van der Waals surface area contributed by atoms with Gasteiger partial charge in [0.2, 0.25) is 5.95 Å². The lowest BCUT2D eigenvalue weighted by Crippen LogP contribution is -2.13. The van der Waals surface area contributed by atoms with Crippen LogP contribution in [0, 0.1) is 18.3 Å². The van der Waals surface area contributed by atoms with Crippen molar-refractivity contribution >= 4 is 52.4 Å². The lowest BCUT2D eigenvalue weighted by molar-refractivity contribution is 0.102.